The largest absolute Gasteiger partial charge is 0.492 e. The van der Waals surface area contributed by atoms with Crippen molar-refractivity contribution in [2.75, 3.05) is 31.6 Å². The van der Waals surface area contributed by atoms with Crippen LogP contribution in [0, 0.1) is 19.8 Å². The zero-order chi connectivity index (χ0) is 20.4. The van der Waals surface area contributed by atoms with Crippen molar-refractivity contribution < 1.29 is 13.9 Å². The Bertz CT molecular complexity index is 878. The summed E-state index contributed by atoms with van der Waals surface area (Å²) in [5.41, 5.74) is 4.05. The average molecular weight is 398 g/mol. The topological polar surface area (TPSA) is 67.3 Å². The maximum absolute atomic E-state index is 13.2. The van der Waals surface area contributed by atoms with Crippen molar-refractivity contribution in [3.8, 4) is 16.9 Å². The van der Waals surface area contributed by atoms with Gasteiger partial charge < -0.3 is 10.1 Å². The molecule has 1 saturated carbocycles. The summed E-state index contributed by atoms with van der Waals surface area (Å²) in [5.74, 6) is -0.0692. The van der Waals surface area contributed by atoms with Crippen LogP contribution in [0.25, 0.3) is 11.1 Å². The first kappa shape index (κ1) is 19.8. The van der Waals surface area contributed by atoms with Crippen molar-refractivity contribution in [2.45, 2.75) is 39.3 Å². The first-order chi connectivity index (χ1) is 14.0. The quantitative estimate of drug-likeness (QED) is 0.773. The van der Waals surface area contributed by atoms with E-state index in [0.717, 1.165) is 47.9 Å². The molecule has 2 aliphatic rings. The fourth-order valence-corrected chi connectivity index (χ4v) is 3.87. The van der Waals surface area contributed by atoms with Crippen LogP contribution < -0.4 is 10.1 Å². The average Bonchev–Trinajstić information content (AvgIpc) is 3.20. The molecular formula is C22H27FN4O2. The summed E-state index contributed by atoms with van der Waals surface area (Å²) in [5, 5.41) is 2.83. The molecule has 29 heavy (non-hydrogen) atoms. The number of halogens is 1. The molecule has 2 aromatic rings. The Balaban J connectivity index is 1.58. The van der Waals surface area contributed by atoms with Crippen molar-refractivity contribution in [2.24, 2.45) is 5.92 Å². The number of anilines is 1. The third kappa shape index (κ3) is 4.56. The third-order valence-corrected chi connectivity index (χ3v) is 5.66. The standard InChI is InChI=1S/C22H27FN4O2/c1-14-21(15(2)25-13-24-14)18-11-16(26-22(28)17-12-19(17)23)5-6-20(18)29-10-9-27-7-3-4-8-27/h5-6,11,13,17,19H,3-4,7-10,12H2,1-2H3,(H,26,28). The van der Waals surface area contributed by atoms with Gasteiger partial charge in [-0.1, -0.05) is 0 Å². The first-order valence-electron chi connectivity index (χ1n) is 10.3. The summed E-state index contributed by atoms with van der Waals surface area (Å²) in [4.78, 5) is 23.2. The second-order valence-electron chi connectivity index (χ2n) is 7.88. The van der Waals surface area contributed by atoms with E-state index >= 15 is 0 Å². The van der Waals surface area contributed by atoms with Crippen LogP contribution >= 0.6 is 0 Å². The fraction of sp³-hybridized carbons (Fsp3) is 0.500. The van der Waals surface area contributed by atoms with Gasteiger partial charge in [0.05, 0.1) is 5.92 Å². The Morgan fingerprint density at radius 1 is 1.24 bits per heavy atom. The molecule has 1 aliphatic carbocycles. The number of amides is 1. The summed E-state index contributed by atoms with van der Waals surface area (Å²) in [6.45, 7) is 7.60. The molecule has 2 fully saturated rings. The van der Waals surface area contributed by atoms with E-state index in [9.17, 15) is 9.18 Å². The van der Waals surface area contributed by atoms with Crippen LogP contribution in [-0.4, -0.2) is 53.2 Å². The molecule has 1 saturated heterocycles. The number of likely N-dealkylation sites (tertiary alicyclic amines) is 1. The monoisotopic (exact) mass is 398 g/mol. The highest BCUT2D eigenvalue weighted by molar-refractivity contribution is 5.95. The van der Waals surface area contributed by atoms with Crippen LogP contribution in [0.2, 0.25) is 0 Å². The maximum Gasteiger partial charge on any atom is 0.230 e. The highest BCUT2D eigenvalue weighted by Gasteiger charge is 2.43. The lowest BCUT2D eigenvalue weighted by atomic mass is 10.0. The van der Waals surface area contributed by atoms with Gasteiger partial charge in [-0.3, -0.25) is 9.69 Å². The molecular weight excluding hydrogens is 371 g/mol. The molecule has 4 rings (SSSR count). The Morgan fingerprint density at radius 3 is 2.59 bits per heavy atom. The second-order valence-corrected chi connectivity index (χ2v) is 7.88. The molecule has 2 unspecified atom stereocenters. The smallest absolute Gasteiger partial charge is 0.230 e. The number of hydrogen-bond acceptors (Lipinski definition) is 5. The highest BCUT2D eigenvalue weighted by atomic mass is 19.1. The lowest BCUT2D eigenvalue weighted by Gasteiger charge is -2.18. The van der Waals surface area contributed by atoms with Gasteiger partial charge in [0.1, 0.15) is 24.9 Å². The number of ether oxygens (including phenoxy) is 1. The van der Waals surface area contributed by atoms with Gasteiger partial charge in [0, 0.05) is 34.7 Å². The molecule has 0 radical (unpaired) electrons. The molecule has 1 aliphatic heterocycles. The number of carbonyl (C=O) groups is 1. The number of nitrogens with zero attached hydrogens (tertiary/aromatic N) is 3. The predicted molar refractivity (Wildman–Crippen MR) is 110 cm³/mol. The Morgan fingerprint density at radius 2 is 1.93 bits per heavy atom. The van der Waals surface area contributed by atoms with Gasteiger partial charge in [-0.2, -0.15) is 0 Å². The molecule has 1 aromatic heterocycles. The zero-order valence-electron chi connectivity index (χ0n) is 16.9. The lowest BCUT2D eigenvalue weighted by Crippen LogP contribution is -2.25. The normalized spacial score (nSPS) is 21.2. The van der Waals surface area contributed by atoms with Crippen molar-refractivity contribution in [3.05, 3.63) is 35.9 Å². The summed E-state index contributed by atoms with van der Waals surface area (Å²) < 4.78 is 19.3. The molecule has 1 N–H and O–H groups in total. The van der Waals surface area contributed by atoms with Gasteiger partial charge in [0.15, 0.2) is 0 Å². The van der Waals surface area contributed by atoms with E-state index < -0.39 is 12.1 Å². The lowest BCUT2D eigenvalue weighted by molar-refractivity contribution is -0.117. The van der Waals surface area contributed by atoms with Gasteiger partial charge in [0.2, 0.25) is 5.91 Å². The van der Waals surface area contributed by atoms with Crippen LogP contribution in [0.3, 0.4) is 0 Å². The summed E-state index contributed by atoms with van der Waals surface area (Å²) >= 11 is 0. The van der Waals surface area contributed by atoms with Crippen molar-refractivity contribution in [3.63, 3.8) is 0 Å². The molecule has 0 bridgehead atoms. The van der Waals surface area contributed by atoms with Crippen LogP contribution in [0.4, 0.5) is 10.1 Å². The molecule has 1 aromatic carbocycles. The minimum atomic E-state index is -1.02. The SMILES string of the molecule is Cc1ncnc(C)c1-c1cc(NC(=O)C2CC2F)ccc1OCCN1CCCC1. The van der Waals surface area contributed by atoms with Crippen LogP contribution in [-0.2, 0) is 4.79 Å². The zero-order valence-corrected chi connectivity index (χ0v) is 16.9. The molecule has 0 spiro atoms. The summed E-state index contributed by atoms with van der Waals surface area (Å²) in [7, 11) is 0. The maximum atomic E-state index is 13.2. The van der Waals surface area contributed by atoms with E-state index in [-0.39, 0.29) is 5.91 Å². The van der Waals surface area contributed by atoms with Crippen molar-refractivity contribution in [1.82, 2.24) is 14.9 Å². The number of aromatic nitrogens is 2. The van der Waals surface area contributed by atoms with Gasteiger partial charge >= 0.3 is 0 Å². The summed E-state index contributed by atoms with van der Waals surface area (Å²) in [6, 6.07) is 5.54. The van der Waals surface area contributed by atoms with E-state index in [1.165, 1.54) is 12.8 Å². The van der Waals surface area contributed by atoms with E-state index in [0.29, 0.717) is 18.7 Å². The number of carbonyl (C=O) groups excluding carboxylic acids is 1. The number of hydrogen-bond donors (Lipinski definition) is 1. The Labute approximate surface area is 170 Å². The van der Waals surface area contributed by atoms with Gasteiger partial charge in [0.25, 0.3) is 0 Å². The van der Waals surface area contributed by atoms with E-state index in [4.69, 9.17) is 4.74 Å². The van der Waals surface area contributed by atoms with E-state index in [1.807, 2.05) is 26.0 Å². The molecule has 1 amide bonds. The van der Waals surface area contributed by atoms with E-state index in [2.05, 4.69) is 20.2 Å². The molecule has 2 atom stereocenters. The summed E-state index contributed by atoms with van der Waals surface area (Å²) in [6.07, 6.45) is 3.33. The second kappa shape index (κ2) is 8.45. The first-order valence-corrected chi connectivity index (χ1v) is 10.3. The van der Waals surface area contributed by atoms with Crippen molar-refractivity contribution in [1.29, 1.82) is 0 Å². The number of rotatable bonds is 7. The van der Waals surface area contributed by atoms with Gasteiger partial charge in [-0.05, 0) is 64.4 Å². The number of benzene rings is 1. The number of nitrogens with one attached hydrogen (secondary N) is 1. The van der Waals surface area contributed by atoms with Crippen LogP contribution in [0.1, 0.15) is 30.7 Å². The Hall–Kier alpha value is -2.54. The third-order valence-electron chi connectivity index (χ3n) is 5.66. The minimum absolute atomic E-state index is 0.274. The molecule has 2 heterocycles. The molecule has 7 heteroatoms. The number of alkyl halides is 1. The van der Waals surface area contributed by atoms with Crippen molar-refractivity contribution >= 4 is 11.6 Å². The van der Waals surface area contributed by atoms with Crippen LogP contribution in [0.5, 0.6) is 5.75 Å². The minimum Gasteiger partial charge on any atom is -0.492 e. The molecule has 154 valence electrons. The predicted octanol–water partition coefficient (Wildman–Crippen LogP) is 3.53. The highest BCUT2D eigenvalue weighted by Crippen LogP contribution is 2.38. The fourth-order valence-electron chi connectivity index (χ4n) is 3.87. The van der Waals surface area contributed by atoms with E-state index in [1.54, 1.807) is 12.4 Å². The number of aryl methyl sites for hydroxylation is 2. The molecule has 6 nitrogen and oxygen atoms in total. The Kier molecular flexibility index (Phi) is 5.76. The van der Waals surface area contributed by atoms with Gasteiger partial charge in [-0.25, -0.2) is 14.4 Å². The van der Waals surface area contributed by atoms with Crippen LogP contribution in [0.15, 0.2) is 24.5 Å². The van der Waals surface area contributed by atoms with Gasteiger partial charge in [-0.15, -0.1) is 0 Å².